The molecule has 0 amide bonds. The molecule has 0 unspecified atom stereocenters. The molecule has 0 radical (unpaired) electrons. The molecule has 3 N–H and O–H groups in total. The van der Waals surface area contributed by atoms with Crippen LogP contribution in [0.2, 0.25) is 0 Å². The Hall–Kier alpha value is -2.57. The van der Waals surface area contributed by atoms with E-state index in [-0.39, 0.29) is 11.5 Å². The highest BCUT2D eigenvalue weighted by Gasteiger charge is 2.14. The summed E-state index contributed by atoms with van der Waals surface area (Å²) in [5.74, 6) is 0.167. The highest BCUT2D eigenvalue weighted by atomic mass is 16.2. The summed E-state index contributed by atoms with van der Waals surface area (Å²) in [6, 6.07) is 5.53. The Morgan fingerprint density at radius 3 is 2.71 bits per heavy atom. The number of hydrogen-bond donors (Lipinski definition) is 2. The predicted molar refractivity (Wildman–Crippen MR) is 82.2 cm³/mol. The van der Waals surface area contributed by atoms with Crippen molar-refractivity contribution in [2.75, 3.05) is 11.1 Å². The van der Waals surface area contributed by atoms with Gasteiger partial charge in [0.05, 0.1) is 12.2 Å². The van der Waals surface area contributed by atoms with Gasteiger partial charge < -0.3 is 11.1 Å². The van der Waals surface area contributed by atoms with E-state index in [2.05, 4.69) is 10.3 Å². The van der Waals surface area contributed by atoms with Gasteiger partial charge in [0.25, 0.3) is 5.56 Å². The van der Waals surface area contributed by atoms with Gasteiger partial charge in [-0.1, -0.05) is 13.0 Å². The molecule has 0 aliphatic heterocycles. The second kappa shape index (κ2) is 6.25. The number of anilines is 2. The van der Waals surface area contributed by atoms with Crippen molar-refractivity contribution in [1.29, 1.82) is 0 Å². The molecule has 0 atom stereocenters. The molecule has 0 aromatic carbocycles. The minimum absolute atomic E-state index is 0.167. The van der Waals surface area contributed by atoms with Gasteiger partial charge in [-0.15, -0.1) is 0 Å². The summed E-state index contributed by atoms with van der Waals surface area (Å²) in [7, 11) is 1.45. The van der Waals surface area contributed by atoms with Crippen LogP contribution < -0.4 is 22.3 Å². The Morgan fingerprint density at radius 2 is 2.10 bits per heavy atom. The average Bonchev–Trinajstić information content (AvgIpc) is 2.50. The minimum atomic E-state index is -0.430. The van der Waals surface area contributed by atoms with E-state index in [0.717, 1.165) is 16.7 Å². The fourth-order valence-corrected chi connectivity index (χ4v) is 2.07. The van der Waals surface area contributed by atoms with E-state index in [1.165, 1.54) is 11.6 Å². The van der Waals surface area contributed by atoms with Crippen molar-refractivity contribution in [2.24, 2.45) is 7.05 Å². The number of hydrogen-bond acceptors (Lipinski definition) is 5. The van der Waals surface area contributed by atoms with Crippen molar-refractivity contribution < 1.29 is 0 Å². The highest BCUT2D eigenvalue weighted by molar-refractivity contribution is 5.60. The quantitative estimate of drug-likeness (QED) is 0.838. The van der Waals surface area contributed by atoms with Gasteiger partial charge in [-0.3, -0.25) is 18.9 Å². The lowest BCUT2D eigenvalue weighted by Gasteiger charge is -2.15. The highest BCUT2D eigenvalue weighted by Crippen LogP contribution is 2.12. The van der Waals surface area contributed by atoms with Crippen LogP contribution in [-0.2, 0) is 20.1 Å². The van der Waals surface area contributed by atoms with Gasteiger partial charge in [-0.25, -0.2) is 4.79 Å². The van der Waals surface area contributed by atoms with Crippen LogP contribution >= 0.6 is 0 Å². The molecule has 7 nitrogen and oxygen atoms in total. The Labute approximate surface area is 122 Å². The Bertz CT molecular complexity index is 734. The lowest BCUT2D eigenvalue weighted by Crippen LogP contribution is -2.40. The van der Waals surface area contributed by atoms with Crippen LogP contribution in [0.3, 0.4) is 0 Å². The van der Waals surface area contributed by atoms with Crippen LogP contribution in [0.4, 0.5) is 11.5 Å². The SMILES string of the molecule is CCCn1c(N)c(NCc2ccccn2)c(=O)n(C)c1=O. The molecule has 0 spiro atoms. The minimum Gasteiger partial charge on any atom is -0.383 e. The normalized spacial score (nSPS) is 10.6. The third kappa shape index (κ3) is 2.96. The Morgan fingerprint density at radius 1 is 1.33 bits per heavy atom. The molecule has 0 saturated heterocycles. The average molecular weight is 289 g/mol. The third-order valence-corrected chi connectivity index (χ3v) is 3.20. The number of aromatic nitrogens is 3. The second-order valence-corrected chi connectivity index (χ2v) is 4.73. The topological polar surface area (TPSA) is 94.9 Å². The molecule has 0 saturated carbocycles. The Kier molecular flexibility index (Phi) is 4.42. The first kappa shape index (κ1) is 14.8. The van der Waals surface area contributed by atoms with Gasteiger partial charge in [-0.05, 0) is 18.6 Å². The van der Waals surface area contributed by atoms with Crippen molar-refractivity contribution in [3.63, 3.8) is 0 Å². The fourth-order valence-electron chi connectivity index (χ4n) is 2.07. The molecule has 0 bridgehead atoms. The van der Waals surface area contributed by atoms with Crippen LogP contribution in [0.5, 0.6) is 0 Å². The molecule has 7 heteroatoms. The van der Waals surface area contributed by atoms with Gasteiger partial charge in [0.15, 0.2) is 0 Å². The third-order valence-electron chi connectivity index (χ3n) is 3.20. The fraction of sp³-hybridized carbons (Fsp3) is 0.357. The standard InChI is InChI=1S/C14H19N5O2/c1-3-8-19-12(15)11(13(20)18(2)14(19)21)17-9-10-6-4-5-7-16-10/h4-7,17H,3,8-9,15H2,1-2H3. The van der Waals surface area contributed by atoms with Crippen LogP contribution in [-0.4, -0.2) is 14.1 Å². The van der Waals surface area contributed by atoms with Gasteiger partial charge in [0, 0.05) is 19.8 Å². The molecule has 2 aromatic rings. The molecule has 2 heterocycles. The van der Waals surface area contributed by atoms with E-state index >= 15 is 0 Å². The summed E-state index contributed by atoms with van der Waals surface area (Å²) < 4.78 is 2.47. The monoisotopic (exact) mass is 289 g/mol. The first-order valence-corrected chi connectivity index (χ1v) is 6.79. The van der Waals surface area contributed by atoms with Crippen molar-refractivity contribution in [2.45, 2.75) is 26.4 Å². The smallest absolute Gasteiger partial charge is 0.332 e. The van der Waals surface area contributed by atoms with Gasteiger partial charge in [0.1, 0.15) is 11.5 Å². The first-order valence-electron chi connectivity index (χ1n) is 6.79. The van der Waals surface area contributed by atoms with Gasteiger partial charge in [0.2, 0.25) is 0 Å². The summed E-state index contributed by atoms with van der Waals surface area (Å²) in [6.45, 7) is 2.78. The molecule has 2 rings (SSSR count). The summed E-state index contributed by atoms with van der Waals surface area (Å²) in [5, 5.41) is 2.98. The van der Waals surface area contributed by atoms with E-state index in [9.17, 15) is 9.59 Å². The van der Waals surface area contributed by atoms with Crippen LogP contribution in [0, 0.1) is 0 Å². The number of nitrogen functional groups attached to an aromatic ring is 1. The van der Waals surface area contributed by atoms with Crippen LogP contribution in [0.1, 0.15) is 19.0 Å². The molecule has 0 fully saturated rings. The number of nitrogens with one attached hydrogen (secondary N) is 1. The van der Waals surface area contributed by atoms with Crippen molar-refractivity contribution in [1.82, 2.24) is 14.1 Å². The number of rotatable bonds is 5. The maximum absolute atomic E-state index is 12.2. The summed E-state index contributed by atoms with van der Waals surface area (Å²) in [4.78, 5) is 28.4. The van der Waals surface area contributed by atoms with Gasteiger partial charge >= 0.3 is 5.69 Å². The lowest BCUT2D eigenvalue weighted by molar-refractivity contribution is 0.600. The summed E-state index contributed by atoms with van der Waals surface area (Å²) in [6.07, 6.45) is 2.43. The largest absolute Gasteiger partial charge is 0.383 e. The zero-order valence-electron chi connectivity index (χ0n) is 12.2. The molecule has 21 heavy (non-hydrogen) atoms. The van der Waals surface area contributed by atoms with Crippen molar-refractivity contribution >= 4 is 11.5 Å². The maximum atomic E-state index is 12.2. The molecule has 2 aromatic heterocycles. The maximum Gasteiger partial charge on any atom is 0.332 e. The van der Waals surface area contributed by atoms with E-state index in [4.69, 9.17) is 5.73 Å². The zero-order chi connectivity index (χ0) is 15.4. The second-order valence-electron chi connectivity index (χ2n) is 4.73. The molecule has 0 aliphatic carbocycles. The molecular formula is C14H19N5O2. The van der Waals surface area contributed by atoms with E-state index < -0.39 is 11.2 Å². The van der Waals surface area contributed by atoms with Crippen molar-refractivity contribution in [3.8, 4) is 0 Å². The number of nitrogens with two attached hydrogens (primary N) is 1. The van der Waals surface area contributed by atoms with E-state index in [1.54, 1.807) is 6.20 Å². The van der Waals surface area contributed by atoms with Crippen LogP contribution in [0.25, 0.3) is 0 Å². The number of pyridine rings is 1. The van der Waals surface area contributed by atoms with Gasteiger partial charge in [-0.2, -0.15) is 0 Å². The molecule has 112 valence electrons. The molecule has 0 aliphatic rings. The summed E-state index contributed by atoms with van der Waals surface area (Å²) >= 11 is 0. The predicted octanol–water partition coefficient (Wildman–Crippen LogP) is 0.546. The summed E-state index contributed by atoms with van der Waals surface area (Å²) in [5.41, 5.74) is 6.16. The number of nitrogens with zero attached hydrogens (tertiary/aromatic N) is 3. The zero-order valence-corrected chi connectivity index (χ0v) is 12.2. The lowest BCUT2D eigenvalue weighted by atomic mass is 10.3. The van der Waals surface area contributed by atoms with E-state index in [0.29, 0.717) is 13.1 Å². The van der Waals surface area contributed by atoms with Crippen LogP contribution in [0.15, 0.2) is 34.0 Å². The van der Waals surface area contributed by atoms with E-state index in [1.807, 2.05) is 25.1 Å². The van der Waals surface area contributed by atoms with Crippen molar-refractivity contribution in [3.05, 3.63) is 50.9 Å². The Balaban J connectivity index is 2.39. The molecular weight excluding hydrogens is 270 g/mol. The first-order chi connectivity index (χ1) is 10.1.